The van der Waals surface area contributed by atoms with Crippen molar-refractivity contribution >= 4 is 40.1 Å². The van der Waals surface area contributed by atoms with Crippen LogP contribution in [0.4, 0.5) is 0 Å². The number of pyridine rings is 1. The first-order valence-electron chi connectivity index (χ1n) is 8.23. The average molecular weight is 379 g/mol. The monoisotopic (exact) mass is 378 g/mol. The van der Waals surface area contributed by atoms with Crippen molar-refractivity contribution in [1.29, 1.82) is 0 Å². The maximum atomic E-state index is 12.6. The van der Waals surface area contributed by atoms with E-state index >= 15 is 0 Å². The molecule has 2 aromatic heterocycles. The third kappa shape index (κ3) is 3.11. The predicted octanol–water partition coefficient (Wildman–Crippen LogP) is 3.92. The molecule has 0 unspecified atom stereocenters. The number of aromatic nitrogens is 2. The Hall–Kier alpha value is -3.38. The molecule has 134 valence electrons. The fourth-order valence-electron chi connectivity index (χ4n) is 3.04. The van der Waals surface area contributed by atoms with Crippen LogP contribution in [0.5, 0.6) is 5.75 Å². The van der Waals surface area contributed by atoms with Gasteiger partial charge >= 0.3 is 0 Å². The molecule has 0 aliphatic carbocycles. The third-order valence-electron chi connectivity index (χ3n) is 4.28. The molecular weight excluding hydrogens is 364 g/mol. The Balaban J connectivity index is 1.65. The molecule has 2 aromatic carbocycles. The van der Waals surface area contributed by atoms with E-state index in [9.17, 15) is 9.90 Å². The zero-order chi connectivity index (χ0) is 19.0. The lowest BCUT2D eigenvalue weighted by atomic mass is 10.0. The van der Waals surface area contributed by atoms with Crippen LogP contribution in [0.1, 0.15) is 21.7 Å². The van der Waals surface area contributed by atoms with Crippen molar-refractivity contribution < 1.29 is 9.90 Å². The smallest absolute Gasteiger partial charge is 0.290 e. The number of carbonyl (C=O) groups excluding carboxylic acids is 1. The van der Waals surface area contributed by atoms with Crippen molar-refractivity contribution in [2.24, 2.45) is 5.10 Å². The SMILES string of the molecule is Cc1nc2ccc(Cl)cn2c1C(=O)N/N=C\c1c(O)ccc2ccccc12. The first-order valence-corrected chi connectivity index (χ1v) is 8.61. The molecule has 27 heavy (non-hydrogen) atoms. The number of amides is 1. The summed E-state index contributed by atoms with van der Waals surface area (Å²) in [5.74, 6) is -0.331. The fraction of sp³-hybridized carbons (Fsp3) is 0.0500. The molecule has 4 rings (SSSR count). The van der Waals surface area contributed by atoms with Gasteiger partial charge in [0, 0.05) is 11.8 Å². The molecule has 0 saturated carbocycles. The first-order chi connectivity index (χ1) is 13.0. The van der Waals surface area contributed by atoms with Gasteiger partial charge < -0.3 is 5.11 Å². The van der Waals surface area contributed by atoms with E-state index in [2.05, 4.69) is 15.5 Å². The lowest BCUT2D eigenvalue weighted by molar-refractivity contribution is 0.0948. The number of hydrazone groups is 1. The van der Waals surface area contributed by atoms with E-state index in [-0.39, 0.29) is 5.75 Å². The molecule has 4 aromatic rings. The van der Waals surface area contributed by atoms with Gasteiger partial charge in [0.25, 0.3) is 5.91 Å². The van der Waals surface area contributed by atoms with Crippen LogP contribution in [0.3, 0.4) is 0 Å². The highest BCUT2D eigenvalue weighted by atomic mass is 35.5. The maximum absolute atomic E-state index is 12.6. The molecule has 2 heterocycles. The highest BCUT2D eigenvalue weighted by molar-refractivity contribution is 6.30. The highest BCUT2D eigenvalue weighted by Crippen LogP contribution is 2.25. The average Bonchev–Trinajstić information content (AvgIpc) is 2.98. The second-order valence-electron chi connectivity index (χ2n) is 6.04. The number of fused-ring (bicyclic) bond motifs is 2. The van der Waals surface area contributed by atoms with Crippen LogP contribution in [-0.2, 0) is 0 Å². The van der Waals surface area contributed by atoms with Crippen molar-refractivity contribution in [3.05, 3.63) is 76.7 Å². The number of benzene rings is 2. The summed E-state index contributed by atoms with van der Waals surface area (Å²) in [6.07, 6.45) is 3.06. The number of halogens is 1. The van der Waals surface area contributed by atoms with Gasteiger partial charge in [-0.25, -0.2) is 10.4 Å². The van der Waals surface area contributed by atoms with Gasteiger partial charge in [-0.05, 0) is 35.9 Å². The minimum atomic E-state index is -0.418. The molecule has 7 heteroatoms. The number of phenols is 1. The highest BCUT2D eigenvalue weighted by Gasteiger charge is 2.16. The van der Waals surface area contributed by atoms with Crippen molar-refractivity contribution in [3.63, 3.8) is 0 Å². The number of carbonyl (C=O) groups is 1. The maximum Gasteiger partial charge on any atom is 0.290 e. The summed E-state index contributed by atoms with van der Waals surface area (Å²) in [4.78, 5) is 16.9. The topological polar surface area (TPSA) is 79.0 Å². The molecule has 1 amide bonds. The van der Waals surface area contributed by atoms with Crippen LogP contribution in [0.15, 0.2) is 59.8 Å². The first kappa shape index (κ1) is 17.1. The number of imidazole rings is 1. The quantitative estimate of drug-likeness (QED) is 0.419. The van der Waals surface area contributed by atoms with Gasteiger partial charge in [0.05, 0.1) is 16.9 Å². The second-order valence-corrected chi connectivity index (χ2v) is 6.48. The number of aromatic hydroxyl groups is 1. The van der Waals surface area contributed by atoms with Crippen LogP contribution in [0.2, 0.25) is 5.02 Å². The summed E-state index contributed by atoms with van der Waals surface area (Å²) >= 11 is 6.02. The van der Waals surface area contributed by atoms with E-state index in [1.54, 1.807) is 35.7 Å². The summed E-state index contributed by atoms with van der Waals surface area (Å²) in [6.45, 7) is 1.75. The molecular formula is C20H15ClN4O2. The zero-order valence-electron chi connectivity index (χ0n) is 14.3. The van der Waals surface area contributed by atoms with Gasteiger partial charge in [0.15, 0.2) is 0 Å². The summed E-state index contributed by atoms with van der Waals surface area (Å²) in [7, 11) is 0. The molecule has 2 N–H and O–H groups in total. The molecule has 0 atom stereocenters. The number of hydrogen-bond acceptors (Lipinski definition) is 4. The second kappa shape index (κ2) is 6.74. The number of nitrogens with zero attached hydrogens (tertiary/aromatic N) is 3. The Morgan fingerprint density at radius 3 is 2.89 bits per heavy atom. The summed E-state index contributed by atoms with van der Waals surface area (Å²) in [6, 6.07) is 14.5. The summed E-state index contributed by atoms with van der Waals surface area (Å²) in [5, 5.41) is 16.5. The molecule has 0 saturated heterocycles. The lowest BCUT2D eigenvalue weighted by Gasteiger charge is -2.05. The number of rotatable bonds is 3. The van der Waals surface area contributed by atoms with Crippen LogP contribution >= 0.6 is 11.6 Å². The predicted molar refractivity (Wildman–Crippen MR) is 106 cm³/mol. The van der Waals surface area contributed by atoms with E-state index in [4.69, 9.17) is 11.6 Å². The molecule has 0 aliphatic heterocycles. The van der Waals surface area contributed by atoms with Crippen molar-refractivity contribution in [3.8, 4) is 5.75 Å². The van der Waals surface area contributed by atoms with Gasteiger partial charge in [-0.2, -0.15) is 5.10 Å². The van der Waals surface area contributed by atoms with Crippen molar-refractivity contribution in [2.45, 2.75) is 6.92 Å². The van der Waals surface area contributed by atoms with Crippen LogP contribution in [0, 0.1) is 6.92 Å². The standard InChI is InChI=1S/C20H15ClN4O2/c1-12-19(25-11-14(21)7-9-18(25)23-12)20(27)24-22-10-16-15-5-3-2-4-13(15)6-8-17(16)26/h2-11,26H,1H3,(H,24,27)/b22-10-. The Kier molecular flexibility index (Phi) is 4.25. The normalized spacial score (nSPS) is 11.5. The largest absolute Gasteiger partial charge is 0.507 e. The Morgan fingerprint density at radius 1 is 1.22 bits per heavy atom. The minimum Gasteiger partial charge on any atom is -0.507 e. The minimum absolute atomic E-state index is 0.0875. The number of nitrogens with one attached hydrogen (secondary N) is 1. The van der Waals surface area contributed by atoms with Crippen molar-refractivity contribution in [2.75, 3.05) is 0 Å². The number of phenolic OH excluding ortho intramolecular Hbond substituents is 1. The zero-order valence-corrected chi connectivity index (χ0v) is 15.1. The van der Waals surface area contributed by atoms with Gasteiger partial charge in [-0.15, -0.1) is 0 Å². The van der Waals surface area contributed by atoms with Gasteiger partial charge in [-0.1, -0.05) is 41.9 Å². The Morgan fingerprint density at radius 2 is 2.04 bits per heavy atom. The molecule has 0 spiro atoms. The number of aryl methyl sites for hydroxylation is 1. The van der Waals surface area contributed by atoms with E-state index in [1.165, 1.54) is 6.21 Å². The molecule has 6 nitrogen and oxygen atoms in total. The third-order valence-corrected chi connectivity index (χ3v) is 4.50. The van der Waals surface area contributed by atoms with Gasteiger partial charge in [0.2, 0.25) is 0 Å². The van der Waals surface area contributed by atoms with Crippen LogP contribution in [0.25, 0.3) is 16.4 Å². The summed E-state index contributed by atoms with van der Waals surface area (Å²) < 4.78 is 1.62. The van der Waals surface area contributed by atoms with E-state index in [1.807, 2.05) is 30.3 Å². The number of hydrogen-bond donors (Lipinski definition) is 2. The van der Waals surface area contributed by atoms with E-state index < -0.39 is 5.91 Å². The molecule has 0 bridgehead atoms. The van der Waals surface area contributed by atoms with Gasteiger partial charge in [-0.3, -0.25) is 9.20 Å². The van der Waals surface area contributed by atoms with Crippen molar-refractivity contribution in [1.82, 2.24) is 14.8 Å². The molecule has 0 radical (unpaired) electrons. The lowest BCUT2D eigenvalue weighted by Crippen LogP contribution is -2.20. The van der Waals surface area contributed by atoms with Gasteiger partial charge in [0.1, 0.15) is 17.1 Å². The van der Waals surface area contributed by atoms with E-state index in [0.29, 0.717) is 27.6 Å². The Labute approximate surface area is 159 Å². The van der Waals surface area contributed by atoms with Crippen LogP contribution < -0.4 is 5.43 Å². The Bertz CT molecular complexity index is 1210. The van der Waals surface area contributed by atoms with E-state index in [0.717, 1.165) is 10.8 Å². The summed E-state index contributed by atoms with van der Waals surface area (Å²) in [5.41, 5.74) is 4.57. The fourth-order valence-corrected chi connectivity index (χ4v) is 3.20. The molecule has 0 fully saturated rings. The molecule has 0 aliphatic rings. The van der Waals surface area contributed by atoms with Crippen LogP contribution in [-0.4, -0.2) is 26.6 Å².